The Morgan fingerprint density at radius 2 is 1.71 bits per heavy atom. The van der Waals surface area contributed by atoms with Gasteiger partial charge < -0.3 is 14.2 Å². The molecule has 0 saturated carbocycles. The Morgan fingerprint density at radius 1 is 1.04 bits per heavy atom. The molecule has 124 valence electrons. The maximum absolute atomic E-state index is 12.1. The summed E-state index contributed by atoms with van der Waals surface area (Å²) < 4.78 is 16.0. The van der Waals surface area contributed by atoms with Crippen LogP contribution >= 0.6 is 0 Å². The predicted octanol–water partition coefficient (Wildman–Crippen LogP) is 3.06. The molecule has 0 saturated heterocycles. The fourth-order valence-corrected chi connectivity index (χ4v) is 2.59. The lowest BCUT2D eigenvalue weighted by atomic mass is 10.0. The van der Waals surface area contributed by atoms with Crippen molar-refractivity contribution in [1.29, 1.82) is 0 Å². The Labute approximate surface area is 140 Å². The Balaban J connectivity index is 1.91. The van der Waals surface area contributed by atoms with Crippen molar-refractivity contribution in [3.05, 3.63) is 65.2 Å². The second-order valence-electron chi connectivity index (χ2n) is 5.58. The summed E-state index contributed by atoms with van der Waals surface area (Å²) in [5, 5.41) is 0. The second kappa shape index (κ2) is 6.74. The van der Waals surface area contributed by atoms with E-state index in [2.05, 4.69) is 4.99 Å². The first-order valence-electron chi connectivity index (χ1n) is 7.65. The molecule has 5 heteroatoms. The van der Waals surface area contributed by atoms with Gasteiger partial charge in [-0.05, 0) is 36.8 Å². The van der Waals surface area contributed by atoms with Crippen LogP contribution in [0.15, 0.2) is 53.5 Å². The van der Waals surface area contributed by atoms with Gasteiger partial charge in [0.1, 0.15) is 5.75 Å². The van der Waals surface area contributed by atoms with Crippen LogP contribution in [0.2, 0.25) is 0 Å². The molecule has 2 atom stereocenters. The number of aryl methyl sites for hydroxylation is 1. The monoisotopic (exact) mass is 325 g/mol. The molecule has 1 aliphatic rings. The zero-order valence-electron chi connectivity index (χ0n) is 13.9. The van der Waals surface area contributed by atoms with Crippen molar-refractivity contribution in [3.8, 4) is 5.75 Å². The van der Waals surface area contributed by atoms with Gasteiger partial charge in [-0.2, -0.15) is 0 Å². The van der Waals surface area contributed by atoms with Gasteiger partial charge in [-0.1, -0.05) is 29.8 Å². The number of esters is 1. The quantitative estimate of drug-likeness (QED) is 0.811. The van der Waals surface area contributed by atoms with Gasteiger partial charge in [0, 0.05) is 5.56 Å². The minimum atomic E-state index is -0.713. The number of aliphatic imine (C=N–C) groups is 1. The average Bonchev–Trinajstić information content (AvgIpc) is 3.07. The summed E-state index contributed by atoms with van der Waals surface area (Å²) in [6.45, 7) is 2.01. The summed E-state index contributed by atoms with van der Waals surface area (Å²) in [6.07, 6.45) is -0.491. The second-order valence-corrected chi connectivity index (χ2v) is 5.58. The molecule has 3 rings (SSSR count). The minimum absolute atomic E-state index is 0.413. The third-order valence-electron chi connectivity index (χ3n) is 3.97. The largest absolute Gasteiger partial charge is 0.497 e. The van der Waals surface area contributed by atoms with Crippen LogP contribution in [0.1, 0.15) is 22.8 Å². The van der Waals surface area contributed by atoms with E-state index in [0.717, 1.165) is 22.4 Å². The lowest BCUT2D eigenvalue weighted by molar-refractivity contribution is -0.143. The van der Waals surface area contributed by atoms with Gasteiger partial charge in [0.25, 0.3) is 0 Å². The topological polar surface area (TPSA) is 57.1 Å². The molecule has 1 aliphatic heterocycles. The lowest BCUT2D eigenvalue weighted by Crippen LogP contribution is -2.25. The van der Waals surface area contributed by atoms with Gasteiger partial charge in [0.15, 0.2) is 12.1 Å². The van der Waals surface area contributed by atoms with Crippen molar-refractivity contribution in [2.24, 2.45) is 4.99 Å². The van der Waals surface area contributed by atoms with E-state index in [1.807, 2.05) is 55.5 Å². The first-order chi connectivity index (χ1) is 11.6. The van der Waals surface area contributed by atoms with Crippen molar-refractivity contribution in [2.75, 3.05) is 14.2 Å². The summed E-state index contributed by atoms with van der Waals surface area (Å²) in [5.74, 6) is 0.764. The molecule has 0 bridgehead atoms. The highest BCUT2D eigenvalue weighted by molar-refractivity contribution is 5.98. The third kappa shape index (κ3) is 3.11. The number of benzene rings is 2. The first-order valence-corrected chi connectivity index (χ1v) is 7.65. The molecular formula is C19H19NO4. The Morgan fingerprint density at radius 3 is 2.29 bits per heavy atom. The number of hydrogen-bond acceptors (Lipinski definition) is 5. The van der Waals surface area contributed by atoms with Crippen LogP contribution in [0.3, 0.4) is 0 Å². The molecule has 2 aromatic carbocycles. The molecule has 1 heterocycles. The Kier molecular flexibility index (Phi) is 4.51. The van der Waals surface area contributed by atoms with E-state index >= 15 is 0 Å². The third-order valence-corrected chi connectivity index (χ3v) is 3.97. The van der Waals surface area contributed by atoms with E-state index in [9.17, 15) is 4.79 Å². The number of rotatable bonds is 4. The molecule has 0 radical (unpaired) electrons. The maximum Gasteiger partial charge on any atom is 0.335 e. The standard InChI is InChI=1S/C19H19NO4/c1-12-4-6-13(7-5-12)17-16(19(21)23-3)20-18(24-17)14-8-10-15(22-2)11-9-14/h4-11,16-17H,1-3H3/t16-,17+/m1/s1. The van der Waals surface area contributed by atoms with Crippen LogP contribution in [-0.2, 0) is 14.3 Å². The summed E-state index contributed by atoms with van der Waals surface area (Å²) in [5.41, 5.74) is 2.82. The van der Waals surface area contributed by atoms with E-state index in [-0.39, 0.29) is 0 Å². The smallest absolute Gasteiger partial charge is 0.335 e. The fraction of sp³-hybridized carbons (Fsp3) is 0.263. The highest BCUT2D eigenvalue weighted by Gasteiger charge is 2.38. The van der Waals surface area contributed by atoms with Crippen molar-refractivity contribution in [1.82, 2.24) is 0 Å². The number of carbonyl (C=O) groups excluding carboxylic acids is 1. The van der Waals surface area contributed by atoms with Gasteiger partial charge in [0.2, 0.25) is 5.90 Å². The molecule has 0 spiro atoms. The van der Waals surface area contributed by atoms with Gasteiger partial charge in [-0.15, -0.1) is 0 Å². The minimum Gasteiger partial charge on any atom is -0.497 e. The Hall–Kier alpha value is -2.82. The molecule has 0 aliphatic carbocycles. The molecule has 0 N–H and O–H groups in total. The maximum atomic E-state index is 12.1. The van der Waals surface area contributed by atoms with Gasteiger partial charge in [0.05, 0.1) is 14.2 Å². The highest BCUT2D eigenvalue weighted by Crippen LogP contribution is 2.32. The normalized spacial score (nSPS) is 19.4. The summed E-state index contributed by atoms with van der Waals surface area (Å²) in [6, 6.07) is 14.5. The van der Waals surface area contributed by atoms with E-state index in [0.29, 0.717) is 5.90 Å². The lowest BCUT2D eigenvalue weighted by Gasteiger charge is -2.16. The zero-order chi connectivity index (χ0) is 17.1. The first kappa shape index (κ1) is 16.1. The van der Waals surface area contributed by atoms with E-state index < -0.39 is 18.1 Å². The molecule has 5 nitrogen and oxygen atoms in total. The number of carbonyl (C=O) groups is 1. The van der Waals surface area contributed by atoms with Gasteiger partial charge in [-0.3, -0.25) is 0 Å². The molecule has 0 unspecified atom stereocenters. The van der Waals surface area contributed by atoms with Crippen LogP contribution in [0.4, 0.5) is 0 Å². The molecule has 0 fully saturated rings. The number of hydrogen-bond donors (Lipinski definition) is 0. The predicted molar refractivity (Wildman–Crippen MR) is 90.3 cm³/mol. The van der Waals surface area contributed by atoms with Crippen molar-refractivity contribution in [3.63, 3.8) is 0 Å². The number of nitrogens with zero attached hydrogens (tertiary/aromatic N) is 1. The van der Waals surface area contributed by atoms with Crippen molar-refractivity contribution >= 4 is 11.9 Å². The summed E-state index contributed by atoms with van der Waals surface area (Å²) >= 11 is 0. The number of methoxy groups -OCH3 is 2. The van der Waals surface area contributed by atoms with Crippen LogP contribution in [0.5, 0.6) is 5.75 Å². The van der Waals surface area contributed by atoms with E-state index in [4.69, 9.17) is 14.2 Å². The Bertz CT molecular complexity index is 750. The van der Waals surface area contributed by atoms with Crippen LogP contribution in [0, 0.1) is 6.92 Å². The van der Waals surface area contributed by atoms with Crippen LogP contribution in [-0.4, -0.2) is 32.1 Å². The van der Waals surface area contributed by atoms with Crippen molar-refractivity contribution < 1.29 is 19.0 Å². The van der Waals surface area contributed by atoms with Gasteiger partial charge >= 0.3 is 5.97 Å². The zero-order valence-corrected chi connectivity index (χ0v) is 13.9. The van der Waals surface area contributed by atoms with Gasteiger partial charge in [-0.25, -0.2) is 9.79 Å². The molecule has 0 aromatic heterocycles. The SMILES string of the molecule is COC(=O)[C@@H]1N=C(c2ccc(OC)cc2)O[C@H]1c1ccc(C)cc1. The van der Waals surface area contributed by atoms with Crippen LogP contribution in [0.25, 0.3) is 0 Å². The van der Waals surface area contributed by atoms with Crippen molar-refractivity contribution in [2.45, 2.75) is 19.1 Å². The fourth-order valence-electron chi connectivity index (χ4n) is 2.59. The molecule has 24 heavy (non-hydrogen) atoms. The number of ether oxygens (including phenoxy) is 3. The van der Waals surface area contributed by atoms with E-state index in [1.54, 1.807) is 7.11 Å². The molecule has 2 aromatic rings. The van der Waals surface area contributed by atoms with E-state index in [1.165, 1.54) is 7.11 Å². The summed E-state index contributed by atoms with van der Waals surface area (Å²) in [4.78, 5) is 16.6. The summed E-state index contributed by atoms with van der Waals surface area (Å²) in [7, 11) is 2.97. The molecule has 0 amide bonds. The molecular weight excluding hydrogens is 306 g/mol. The average molecular weight is 325 g/mol. The van der Waals surface area contributed by atoms with Crippen LogP contribution < -0.4 is 4.74 Å². The highest BCUT2D eigenvalue weighted by atomic mass is 16.5.